The molecule has 0 saturated carbocycles. The predicted octanol–water partition coefficient (Wildman–Crippen LogP) is 5.36. The Morgan fingerprint density at radius 3 is 2.29 bits per heavy atom. The third-order valence-electron chi connectivity index (χ3n) is 5.80. The molecule has 0 fully saturated rings. The van der Waals surface area contributed by atoms with Crippen LogP contribution in [-0.4, -0.2) is 16.7 Å². The van der Waals surface area contributed by atoms with Crippen molar-refractivity contribution in [3.05, 3.63) is 64.8 Å². The zero-order valence-electron chi connectivity index (χ0n) is 17.5. The van der Waals surface area contributed by atoms with Crippen molar-refractivity contribution in [1.29, 1.82) is 0 Å². The van der Waals surface area contributed by atoms with Gasteiger partial charge in [0, 0.05) is 23.1 Å². The average molecular weight is 376 g/mol. The molecule has 2 aliphatic rings. The van der Waals surface area contributed by atoms with Gasteiger partial charge in [-0.2, -0.15) is 0 Å². The van der Waals surface area contributed by atoms with Crippen molar-refractivity contribution in [2.45, 2.75) is 53.8 Å². The maximum Gasteiger partial charge on any atom is 0.296 e. The monoisotopic (exact) mass is 376 g/mol. The predicted molar refractivity (Wildman–Crippen MR) is 112 cm³/mol. The number of carbonyl (C=O) groups excluding carboxylic acids is 1. The van der Waals surface area contributed by atoms with Gasteiger partial charge in [-0.05, 0) is 33.2 Å². The zero-order valence-corrected chi connectivity index (χ0v) is 17.5. The van der Waals surface area contributed by atoms with Crippen LogP contribution in [0.4, 0.5) is 0 Å². The minimum Gasteiger partial charge on any atom is -0.451 e. The van der Waals surface area contributed by atoms with Crippen LogP contribution in [0.1, 0.15) is 47.1 Å². The molecule has 1 unspecified atom stereocenters. The molecule has 146 valence electrons. The lowest BCUT2D eigenvalue weighted by atomic mass is 9.68. The molecule has 1 aliphatic heterocycles. The van der Waals surface area contributed by atoms with Crippen LogP contribution < -0.4 is 4.74 Å². The number of benzene rings is 2. The number of aliphatic hydroxyl groups is 1. The first-order chi connectivity index (χ1) is 12.9. The minimum absolute atomic E-state index is 0.230. The molecule has 28 heavy (non-hydrogen) atoms. The van der Waals surface area contributed by atoms with Crippen LogP contribution in [0.25, 0.3) is 10.8 Å². The van der Waals surface area contributed by atoms with E-state index in [-0.39, 0.29) is 16.6 Å². The third-order valence-corrected chi connectivity index (χ3v) is 5.80. The number of allylic oxidation sites excluding steroid dienone is 2. The summed E-state index contributed by atoms with van der Waals surface area (Å²) in [7, 11) is 0. The van der Waals surface area contributed by atoms with E-state index in [1.165, 1.54) is 0 Å². The molecule has 1 heterocycles. The Hall–Kier alpha value is -2.39. The highest BCUT2D eigenvalue weighted by molar-refractivity contribution is 6.07. The highest BCUT2D eigenvalue weighted by Gasteiger charge is 2.53. The van der Waals surface area contributed by atoms with Gasteiger partial charge in [0.25, 0.3) is 5.79 Å². The summed E-state index contributed by atoms with van der Waals surface area (Å²) in [5, 5.41) is 13.8. The number of ketones is 1. The standard InChI is InChI=1S/C25H28O3/c1-23(2,3)18-14-20(24(4,5)6)22(26)25(27)19(18)13-17-16-10-8-7-9-15(16)11-12-21(17)28-25/h7-12,14,27H,13H2,1-6H3. The molecule has 0 aromatic heterocycles. The second-order valence-electron chi connectivity index (χ2n) is 9.97. The molecule has 3 heteroatoms. The highest BCUT2D eigenvalue weighted by atomic mass is 16.6. The molecule has 0 radical (unpaired) electrons. The Kier molecular flexibility index (Phi) is 3.93. The van der Waals surface area contributed by atoms with Gasteiger partial charge in [0.1, 0.15) is 5.75 Å². The van der Waals surface area contributed by atoms with Crippen LogP contribution in [0.5, 0.6) is 5.75 Å². The van der Waals surface area contributed by atoms with Gasteiger partial charge in [0.05, 0.1) is 0 Å². The van der Waals surface area contributed by atoms with Gasteiger partial charge < -0.3 is 9.84 Å². The molecule has 1 atom stereocenters. The molecule has 1 N–H and O–H groups in total. The number of hydrogen-bond donors (Lipinski definition) is 1. The van der Waals surface area contributed by atoms with E-state index in [0.717, 1.165) is 21.9 Å². The van der Waals surface area contributed by atoms with Gasteiger partial charge in [0.15, 0.2) is 0 Å². The molecule has 0 spiro atoms. The summed E-state index contributed by atoms with van der Waals surface area (Å²) in [6, 6.07) is 12.0. The minimum atomic E-state index is -1.94. The maximum atomic E-state index is 13.4. The largest absolute Gasteiger partial charge is 0.451 e. The lowest BCUT2D eigenvalue weighted by Crippen LogP contribution is -2.54. The fraction of sp³-hybridized carbons (Fsp3) is 0.400. The van der Waals surface area contributed by atoms with Crippen molar-refractivity contribution in [3.8, 4) is 5.75 Å². The van der Waals surface area contributed by atoms with Crippen molar-refractivity contribution in [2.24, 2.45) is 10.8 Å². The van der Waals surface area contributed by atoms with Gasteiger partial charge >= 0.3 is 0 Å². The topological polar surface area (TPSA) is 46.5 Å². The Morgan fingerprint density at radius 1 is 0.964 bits per heavy atom. The van der Waals surface area contributed by atoms with Crippen molar-refractivity contribution < 1.29 is 14.6 Å². The molecule has 0 saturated heterocycles. The van der Waals surface area contributed by atoms with E-state index in [2.05, 4.69) is 32.9 Å². The highest BCUT2D eigenvalue weighted by Crippen LogP contribution is 2.49. The van der Waals surface area contributed by atoms with E-state index in [1.54, 1.807) is 0 Å². The number of rotatable bonds is 0. The molecule has 2 aromatic carbocycles. The lowest BCUT2D eigenvalue weighted by molar-refractivity contribution is -0.161. The lowest BCUT2D eigenvalue weighted by Gasteiger charge is -2.43. The number of hydrogen-bond acceptors (Lipinski definition) is 3. The summed E-state index contributed by atoms with van der Waals surface area (Å²) >= 11 is 0. The molecule has 2 aromatic rings. The van der Waals surface area contributed by atoms with Crippen LogP contribution >= 0.6 is 0 Å². The fourth-order valence-corrected chi connectivity index (χ4v) is 4.28. The summed E-state index contributed by atoms with van der Waals surface area (Å²) in [5.41, 5.74) is 2.67. The first-order valence-electron chi connectivity index (χ1n) is 9.86. The van der Waals surface area contributed by atoms with Crippen molar-refractivity contribution >= 4 is 16.6 Å². The fourth-order valence-electron chi connectivity index (χ4n) is 4.28. The molecular weight excluding hydrogens is 348 g/mol. The first kappa shape index (κ1) is 18.9. The quantitative estimate of drug-likeness (QED) is 0.673. The van der Waals surface area contributed by atoms with Crippen LogP contribution in [0.3, 0.4) is 0 Å². The second kappa shape index (κ2) is 5.81. The molecule has 4 rings (SSSR count). The molecule has 0 amide bonds. The number of Topliss-reactive ketones (excluding diaryl/α,β-unsaturated/α-hetero) is 1. The Labute approximate surface area is 166 Å². The number of ether oxygens (including phenoxy) is 1. The average Bonchev–Trinajstić information content (AvgIpc) is 2.59. The van der Waals surface area contributed by atoms with E-state index >= 15 is 0 Å². The van der Waals surface area contributed by atoms with Crippen LogP contribution in [0.2, 0.25) is 0 Å². The van der Waals surface area contributed by atoms with E-state index in [1.807, 2.05) is 51.1 Å². The summed E-state index contributed by atoms with van der Waals surface area (Å²) in [6.45, 7) is 12.3. The van der Waals surface area contributed by atoms with E-state index < -0.39 is 5.79 Å². The Morgan fingerprint density at radius 2 is 1.64 bits per heavy atom. The summed E-state index contributed by atoms with van der Waals surface area (Å²) < 4.78 is 6.10. The maximum absolute atomic E-state index is 13.4. The molecule has 1 aliphatic carbocycles. The number of fused-ring (bicyclic) bond motifs is 4. The summed E-state index contributed by atoms with van der Waals surface area (Å²) in [5.74, 6) is -1.70. The van der Waals surface area contributed by atoms with Gasteiger partial charge in [-0.25, -0.2) is 0 Å². The van der Waals surface area contributed by atoms with Crippen molar-refractivity contribution in [2.75, 3.05) is 0 Å². The van der Waals surface area contributed by atoms with Crippen molar-refractivity contribution in [3.63, 3.8) is 0 Å². The van der Waals surface area contributed by atoms with Gasteiger partial charge in [-0.3, -0.25) is 4.79 Å². The SMILES string of the molecule is CC(C)(C)C1=CC(C(C)(C)C)=C2Cc3c(ccc4ccccc34)OC2(O)C1=O. The number of carbonyl (C=O) groups is 1. The van der Waals surface area contributed by atoms with Crippen molar-refractivity contribution in [1.82, 2.24) is 0 Å². The van der Waals surface area contributed by atoms with Gasteiger partial charge in [-0.15, -0.1) is 0 Å². The Balaban J connectivity index is 2.02. The smallest absolute Gasteiger partial charge is 0.296 e. The van der Waals surface area contributed by atoms with Crippen LogP contribution in [0.15, 0.2) is 59.2 Å². The Bertz CT molecular complexity index is 1060. The zero-order chi connectivity index (χ0) is 20.5. The normalized spacial score (nSPS) is 22.5. The van der Waals surface area contributed by atoms with Gasteiger partial charge in [-0.1, -0.05) is 78.0 Å². The van der Waals surface area contributed by atoms with E-state index in [0.29, 0.717) is 23.3 Å². The first-order valence-corrected chi connectivity index (χ1v) is 9.86. The van der Waals surface area contributed by atoms with E-state index in [9.17, 15) is 9.90 Å². The van der Waals surface area contributed by atoms with Gasteiger partial charge in [0.2, 0.25) is 5.78 Å². The second-order valence-corrected chi connectivity index (χ2v) is 9.97. The third kappa shape index (κ3) is 2.72. The molecule has 3 nitrogen and oxygen atoms in total. The van der Waals surface area contributed by atoms with Crippen LogP contribution in [0, 0.1) is 10.8 Å². The molecule has 0 bridgehead atoms. The summed E-state index contributed by atoms with van der Waals surface area (Å²) in [6.07, 6.45) is 2.49. The molecular formula is C25H28O3. The van der Waals surface area contributed by atoms with E-state index in [4.69, 9.17) is 4.74 Å². The van der Waals surface area contributed by atoms with Crippen LogP contribution in [-0.2, 0) is 11.2 Å². The summed E-state index contributed by atoms with van der Waals surface area (Å²) in [4.78, 5) is 13.4.